The van der Waals surface area contributed by atoms with Gasteiger partial charge in [-0.3, -0.25) is 0 Å². The van der Waals surface area contributed by atoms with Gasteiger partial charge in [0.1, 0.15) is 0 Å². The molecule has 0 bridgehead atoms. The molecule has 2 aliphatic heterocycles. The third-order valence-corrected chi connectivity index (χ3v) is 2.69. The van der Waals surface area contributed by atoms with Gasteiger partial charge in [0.05, 0.1) is 6.04 Å². The lowest BCUT2D eigenvalue weighted by atomic mass is 10.1. The maximum absolute atomic E-state index is 10.6. The SMILES string of the molecule is O=C(O)N1CC[C@H]2CNC[C@H]21. The second-order valence-corrected chi connectivity index (χ2v) is 3.25. The summed E-state index contributed by atoms with van der Waals surface area (Å²) in [6.45, 7) is 2.57. The molecule has 2 heterocycles. The topological polar surface area (TPSA) is 52.6 Å². The second kappa shape index (κ2) is 2.37. The van der Waals surface area contributed by atoms with Gasteiger partial charge in [0.25, 0.3) is 0 Å². The lowest BCUT2D eigenvalue weighted by Crippen LogP contribution is -2.37. The van der Waals surface area contributed by atoms with Crippen molar-refractivity contribution in [2.45, 2.75) is 12.5 Å². The first kappa shape index (κ1) is 6.91. The van der Waals surface area contributed by atoms with Crippen molar-refractivity contribution in [3.05, 3.63) is 0 Å². The summed E-state index contributed by atoms with van der Waals surface area (Å²) >= 11 is 0. The normalized spacial score (nSPS) is 35.8. The van der Waals surface area contributed by atoms with Gasteiger partial charge in [-0.2, -0.15) is 0 Å². The van der Waals surface area contributed by atoms with E-state index in [1.807, 2.05) is 0 Å². The summed E-state index contributed by atoms with van der Waals surface area (Å²) < 4.78 is 0. The quantitative estimate of drug-likeness (QED) is 0.517. The second-order valence-electron chi connectivity index (χ2n) is 3.25. The lowest BCUT2D eigenvalue weighted by Gasteiger charge is -2.19. The summed E-state index contributed by atoms with van der Waals surface area (Å²) in [5.74, 6) is 0.575. The Balaban J connectivity index is 2.08. The van der Waals surface area contributed by atoms with Crippen LogP contribution in [0.2, 0.25) is 0 Å². The average molecular weight is 156 g/mol. The molecule has 0 aromatic carbocycles. The maximum Gasteiger partial charge on any atom is 0.407 e. The van der Waals surface area contributed by atoms with Crippen LogP contribution in [0.1, 0.15) is 6.42 Å². The van der Waals surface area contributed by atoms with Gasteiger partial charge in [0, 0.05) is 19.6 Å². The number of nitrogens with zero attached hydrogens (tertiary/aromatic N) is 1. The first-order valence-electron chi connectivity index (χ1n) is 3.99. The standard InChI is InChI=1S/C7H12N2O2/c10-7(11)9-2-1-5-3-8-4-6(5)9/h5-6,8H,1-4H2,(H,10,11)/t5-,6+/m0/s1. The molecule has 62 valence electrons. The van der Waals surface area contributed by atoms with Crippen molar-refractivity contribution in [3.63, 3.8) is 0 Å². The Morgan fingerprint density at radius 3 is 3.09 bits per heavy atom. The van der Waals surface area contributed by atoms with Crippen LogP contribution in [0, 0.1) is 5.92 Å². The molecule has 0 aromatic rings. The van der Waals surface area contributed by atoms with Gasteiger partial charge >= 0.3 is 6.09 Å². The fourth-order valence-electron chi connectivity index (χ4n) is 2.09. The van der Waals surface area contributed by atoms with Gasteiger partial charge in [0.15, 0.2) is 0 Å². The summed E-state index contributed by atoms with van der Waals surface area (Å²) in [6, 6.07) is 0.257. The van der Waals surface area contributed by atoms with Crippen LogP contribution in [-0.4, -0.2) is 41.8 Å². The summed E-state index contributed by atoms with van der Waals surface area (Å²) in [4.78, 5) is 12.2. The van der Waals surface area contributed by atoms with Crippen LogP contribution in [0.5, 0.6) is 0 Å². The number of nitrogens with one attached hydrogen (secondary N) is 1. The first-order valence-corrected chi connectivity index (χ1v) is 3.99. The minimum absolute atomic E-state index is 0.257. The van der Waals surface area contributed by atoms with Gasteiger partial charge in [0.2, 0.25) is 0 Å². The number of hydrogen-bond acceptors (Lipinski definition) is 2. The minimum atomic E-state index is -0.763. The van der Waals surface area contributed by atoms with Crippen molar-refractivity contribution in [2.24, 2.45) is 5.92 Å². The highest BCUT2D eigenvalue weighted by Gasteiger charge is 2.39. The molecular formula is C7H12N2O2. The number of carbonyl (C=O) groups is 1. The monoisotopic (exact) mass is 156 g/mol. The van der Waals surface area contributed by atoms with Gasteiger partial charge in [-0.1, -0.05) is 0 Å². The molecule has 0 saturated carbocycles. The smallest absolute Gasteiger partial charge is 0.407 e. The van der Waals surface area contributed by atoms with Gasteiger partial charge in [-0.05, 0) is 12.3 Å². The van der Waals surface area contributed by atoms with Crippen molar-refractivity contribution in [1.29, 1.82) is 0 Å². The van der Waals surface area contributed by atoms with Crippen LogP contribution >= 0.6 is 0 Å². The summed E-state index contributed by atoms with van der Waals surface area (Å²) in [7, 11) is 0. The zero-order valence-electron chi connectivity index (χ0n) is 6.29. The van der Waals surface area contributed by atoms with Gasteiger partial charge in [-0.25, -0.2) is 4.79 Å². The Morgan fingerprint density at radius 1 is 1.55 bits per heavy atom. The number of hydrogen-bond donors (Lipinski definition) is 2. The minimum Gasteiger partial charge on any atom is -0.465 e. The van der Waals surface area contributed by atoms with Gasteiger partial charge < -0.3 is 15.3 Å². The summed E-state index contributed by atoms with van der Waals surface area (Å²) in [6.07, 6.45) is 0.269. The molecule has 2 atom stereocenters. The molecule has 4 heteroatoms. The fourth-order valence-corrected chi connectivity index (χ4v) is 2.09. The highest BCUT2D eigenvalue weighted by atomic mass is 16.4. The number of fused-ring (bicyclic) bond motifs is 1. The van der Waals surface area contributed by atoms with E-state index in [1.54, 1.807) is 4.90 Å². The maximum atomic E-state index is 10.6. The van der Waals surface area contributed by atoms with E-state index < -0.39 is 6.09 Å². The Hall–Kier alpha value is -0.770. The van der Waals surface area contributed by atoms with E-state index in [2.05, 4.69) is 5.32 Å². The lowest BCUT2D eigenvalue weighted by molar-refractivity contribution is 0.140. The largest absolute Gasteiger partial charge is 0.465 e. The zero-order valence-corrected chi connectivity index (χ0v) is 6.29. The Bertz CT molecular complexity index is 183. The highest BCUT2D eigenvalue weighted by Crippen LogP contribution is 2.26. The van der Waals surface area contributed by atoms with Crippen molar-refractivity contribution in [3.8, 4) is 0 Å². The van der Waals surface area contributed by atoms with E-state index in [9.17, 15) is 4.79 Å². The summed E-state index contributed by atoms with van der Waals surface area (Å²) in [5, 5.41) is 12.0. The fraction of sp³-hybridized carbons (Fsp3) is 0.857. The molecule has 0 unspecified atom stereocenters. The molecule has 2 rings (SSSR count). The van der Waals surface area contributed by atoms with Crippen LogP contribution in [0.25, 0.3) is 0 Å². The van der Waals surface area contributed by atoms with Crippen LogP contribution in [0.3, 0.4) is 0 Å². The first-order chi connectivity index (χ1) is 5.29. The van der Waals surface area contributed by atoms with E-state index in [0.717, 1.165) is 26.1 Å². The summed E-state index contributed by atoms with van der Waals surface area (Å²) in [5.41, 5.74) is 0. The molecule has 2 fully saturated rings. The van der Waals surface area contributed by atoms with Crippen molar-refractivity contribution < 1.29 is 9.90 Å². The third kappa shape index (κ3) is 0.976. The number of likely N-dealkylation sites (tertiary alicyclic amines) is 1. The van der Waals surface area contributed by atoms with Crippen LogP contribution < -0.4 is 5.32 Å². The molecule has 2 saturated heterocycles. The number of amides is 1. The molecule has 1 amide bonds. The molecule has 2 aliphatic rings. The predicted molar refractivity (Wildman–Crippen MR) is 39.5 cm³/mol. The van der Waals surface area contributed by atoms with E-state index in [-0.39, 0.29) is 6.04 Å². The molecule has 11 heavy (non-hydrogen) atoms. The van der Waals surface area contributed by atoms with Crippen molar-refractivity contribution in [1.82, 2.24) is 10.2 Å². The van der Waals surface area contributed by atoms with E-state index in [1.165, 1.54) is 0 Å². The third-order valence-electron chi connectivity index (χ3n) is 2.69. The van der Waals surface area contributed by atoms with Gasteiger partial charge in [-0.15, -0.1) is 0 Å². The molecule has 0 radical (unpaired) electrons. The van der Waals surface area contributed by atoms with E-state index >= 15 is 0 Å². The Kier molecular flexibility index (Phi) is 1.49. The molecule has 0 aromatic heterocycles. The van der Waals surface area contributed by atoms with Crippen molar-refractivity contribution >= 4 is 6.09 Å². The zero-order chi connectivity index (χ0) is 7.84. The average Bonchev–Trinajstić information content (AvgIpc) is 2.41. The van der Waals surface area contributed by atoms with Crippen LogP contribution in [0.15, 0.2) is 0 Å². The van der Waals surface area contributed by atoms with Crippen LogP contribution in [0.4, 0.5) is 4.79 Å². The Morgan fingerprint density at radius 2 is 2.36 bits per heavy atom. The van der Waals surface area contributed by atoms with E-state index in [0.29, 0.717) is 5.92 Å². The predicted octanol–water partition coefficient (Wildman–Crippen LogP) is -0.0419. The molecule has 2 N–H and O–H groups in total. The molecular weight excluding hydrogens is 144 g/mol. The van der Waals surface area contributed by atoms with Crippen molar-refractivity contribution in [2.75, 3.05) is 19.6 Å². The molecule has 0 spiro atoms. The highest BCUT2D eigenvalue weighted by molar-refractivity contribution is 5.66. The molecule has 0 aliphatic carbocycles. The molecule has 4 nitrogen and oxygen atoms in total. The number of carboxylic acid groups (broad SMARTS) is 1. The number of rotatable bonds is 0. The Labute approximate surface area is 65.2 Å². The van der Waals surface area contributed by atoms with E-state index in [4.69, 9.17) is 5.11 Å². The van der Waals surface area contributed by atoms with Crippen LogP contribution in [-0.2, 0) is 0 Å².